The molecule has 0 radical (unpaired) electrons. The van der Waals surface area contributed by atoms with Crippen molar-refractivity contribution in [3.63, 3.8) is 0 Å². The number of ketones is 1. The van der Waals surface area contributed by atoms with Crippen molar-refractivity contribution in [1.29, 1.82) is 0 Å². The molecule has 1 fully saturated rings. The highest BCUT2D eigenvalue weighted by Gasteiger charge is 2.31. The van der Waals surface area contributed by atoms with Gasteiger partial charge >= 0.3 is 0 Å². The van der Waals surface area contributed by atoms with Crippen LogP contribution in [0.5, 0.6) is 0 Å². The van der Waals surface area contributed by atoms with E-state index >= 15 is 0 Å². The van der Waals surface area contributed by atoms with Gasteiger partial charge in [-0.15, -0.1) is 0 Å². The van der Waals surface area contributed by atoms with E-state index in [9.17, 15) is 9.59 Å². The average Bonchev–Trinajstić information content (AvgIpc) is 2.67. The fourth-order valence-electron chi connectivity index (χ4n) is 2.98. The van der Waals surface area contributed by atoms with Crippen molar-refractivity contribution in [1.82, 2.24) is 15.2 Å². The second-order valence-corrected chi connectivity index (χ2v) is 5.66. The van der Waals surface area contributed by atoms with Gasteiger partial charge in [-0.25, -0.2) is 0 Å². The van der Waals surface area contributed by atoms with Crippen molar-refractivity contribution in [3.8, 4) is 0 Å². The molecule has 110 valence electrons. The Morgan fingerprint density at radius 1 is 1.25 bits per heavy atom. The van der Waals surface area contributed by atoms with E-state index in [0.717, 1.165) is 17.8 Å². The summed E-state index contributed by atoms with van der Waals surface area (Å²) in [5.74, 6) is -0.0176. The van der Waals surface area contributed by atoms with Crippen LogP contribution < -0.4 is 5.32 Å². The van der Waals surface area contributed by atoms with E-state index in [-0.39, 0.29) is 23.8 Å². The van der Waals surface area contributed by atoms with Gasteiger partial charge < -0.3 is 15.2 Å². The van der Waals surface area contributed by atoms with E-state index in [1.54, 1.807) is 0 Å². The second kappa shape index (κ2) is 5.40. The number of carbonyl (C=O) groups is 2. The number of rotatable bonds is 2. The minimum Gasteiger partial charge on any atom is -0.354 e. The van der Waals surface area contributed by atoms with Crippen molar-refractivity contribution in [3.05, 3.63) is 22.5 Å². The lowest BCUT2D eigenvalue weighted by Gasteiger charge is -2.38. The SMILES string of the molecule is CC(=O)c1c(C)[nH]c(C(=O)N2CCNC(C)C2C)c1C. The van der Waals surface area contributed by atoms with Crippen LogP contribution >= 0.6 is 0 Å². The quantitative estimate of drug-likeness (QED) is 0.808. The maximum absolute atomic E-state index is 12.7. The zero-order valence-electron chi connectivity index (χ0n) is 12.8. The molecule has 1 aliphatic rings. The van der Waals surface area contributed by atoms with Gasteiger partial charge in [-0.2, -0.15) is 0 Å². The predicted octanol–water partition coefficient (Wildman–Crippen LogP) is 1.66. The first kappa shape index (κ1) is 14.8. The molecule has 5 nitrogen and oxygen atoms in total. The van der Waals surface area contributed by atoms with Gasteiger partial charge in [0.15, 0.2) is 5.78 Å². The van der Waals surface area contributed by atoms with Crippen molar-refractivity contribution in [2.75, 3.05) is 13.1 Å². The Morgan fingerprint density at radius 2 is 1.90 bits per heavy atom. The normalized spacial score (nSPS) is 22.9. The molecule has 0 spiro atoms. The molecule has 20 heavy (non-hydrogen) atoms. The van der Waals surface area contributed by atoms with Gasteiger partial charge in [0, 0.05) is 36.4 Å². The Labute approximate surface area is 119 Å². The summed E-state index contributed by atoms with van der Waals surface area (Å²) in [4.78, 5) is 29.4. The molecular formula is C15H23N3O2. The van der Waals surface area contributed by atoms with Gasteiger partial charge in [0.2, 0.25) is 0 Å². The van der Waals surface area contributed by atoms with Crippen molar-refractivity contribution in [2.45, 2.75) is 46.7 Å². The highest BCUT2D eigenvalue weighted by molar-refractivity contribution is 6.02. The average molecular weight is 277 g/mol. The number of nitrogens with one attached hydrogen (secondary N) is 2. The van der Waals surface area contributed by atoms with Crippen LogP contribution in [-0.2, 0) is 0 Å². The number of hydrogen-bond acceptors (Lipinski definition) is 3. The summed E-state index contributed by atoms with van der Waals surface area (Å²) in [6.45, 7) is 10.8. The highest BCUT2D eigenvalue weighted by atomic mass is 16.2. The minimum atomic E-state index is -0.0149. The zero-order valence-corrected chi connectivity index (χ0v) is 12.8. The zero-order chi connectivity index (χ0) is 15.0. The van der Waals surface area contributed by atoms with Crippen LogP contribution in [0.2, 0.25) is 0 Å². The first-order chi connectivity index (χ1) is 9.34. The molecule has 5 heteroatoms. The van der Waals surface area contributed by atoms with Gasteiger partial charge in [0.05, 0.1) is 0 Å². The summed E-state index contributed by atoms with van der Waals surface area (Å²) in [6.07, 6.45) is 0. The number of aryl methyl sites for hydroxylation is 1. The number of aromatic amines is 1. The Balaban J connectivity index is 2.34. The molecule has 0 bridgehead atoms. The molecule has 0 aromatic carbocycles. The summed E-state index contributed by atoms with van der Waals surface area (Å²) < 4.78 is 0. The summed E-state index contributed by atoms with van der Waals surface area (Å²) in [7, 11) is 0. The molecule has 2 N–H and O–H groups in total. The second-order valence-electron chi connectivity index (χ2n) is 5.66. The Kier molecular flexibility index (Phi) is 3.99. The molecule has 1 amide bonds. The lowest BCUT2D eigenvalue weighted by molar-refractivity contribution is 0.0596. The Morgan fingerprint density at radius 3 is 2.45 bits per heavy atom. The third-order valence-corrected chi connectivity index (χ3v) is 4.30. The van der Waals surface area contributed by atoms with Crippen molar-refractivity contribution < 1.29 is 9.59 Å². The highest BCUT2D eigenvalue weighted by Crippen LogP contribution is 2.21. The number of nitrogens with zero attached hydrogens (tertiary/aromatic N) is 1. The molecule has 1 aromatic heterocycles. The maximum atomic E-state index is 12.7. The number of H-pyrrole nitrogens is 1. The number of hydrogen-bond donors (Lipinski definition) is 2. The van der Waals surface area contributed by atoms with Crippen molar-refractivity contribution in [2.24, 2.45) is 0 Å². The summed E-state index contributed by atoms with van der Waals surface area (Å²) in [6, 6.07) is 0.413. The van der Waals surface area contributed by atoms with Gasteiger partial charge in [0.25, 0.3) is 5.91 Å². The Hall–Kier alpha value is -1.62. The number of aromatic nitrogens is 1. The Bertz CT molecular complexity index is 548. The number of piperazine rings is 1. The standard InChI is InChI=1S/C15H23N3O2/c1-8-13(12(5)19)10(3)17-14(8)15(20)18-7-6-16-9(2)11(18)4/h9,11,16-17H,6-7H2,1-5H3. The van der Waals surface area contributed by atoms with Gasteiger partial charge in [0.1, 0.15) is 5.69 Å². The molecule has 1 saturated heterocycles. The molecule has 1 aliphatic heterocycles. The number of Topliss-reactive ketones (excluding diaryl/α,β-unsaturated/α-hetero) is 1. The van der Waals surface area contributed by atoms with Gasteiger partial charge in [-0.3, -0.25) is 9.59 Å². The van der Waals surface area contributed by atoms with E-state index in [2.05, 4.69) is 17.2 Å². The van der Waals surface area contributed by atoms with E-state index in [0.29, 0.717) is 17.8 Å². The topological polar surface area (TPSA) is 65.2 Å². The molecule has 0 aliphatic carbocycles. The van der Waals surface area contributed by atoms with Crippen LogP contribution in [0.15, 0.2) is 0 Å². The van der Waals surface area contributed by atoms with Crippen LogP contribution in [0.25, 0.3) is 0 Å². The minimum absolute atomic E-state index is 0.00275. The van der Waals surface area contributed by atoms with Crippen LogP contribution in [0, 0.1) is 13.8 Å². The molecule has 0 saturated carbocycles. The molecule has 2 unspecified atom stereocenters. The fraction of sp³-hybridized carbons (Fsp3) is 0.600. The third kappa shape index (κ3) is 2.38. The van der Waals surface area contributed by atoms with Gasteiger partial charge in [-0.05, 0) is 40.2 Å². The van der Waals surface area contributed by atoms with E-state index in [1.165, 1.54) is 6.92 Å². The molecular weight excluding hydrogens is 254 g/mol. The third-order valence-electron chi connectivity index (χ3n) is 4.30. The van der Waals surface area contributed by atoms with Crippen LogP contribution in [0.3, 0.4) is 0 Å². The molecule has 2 heterocycles. The molecule has 2 rings (SSSR count). The predicted molar refractivity (Wildman–Crippen MR) is 78.2 cm³/mol. The lowest BCUT2D eigenvalue weighted by atomic mass is 10.0. The van der Waals surface area contributed by atoms with E-state index in [1.807, 2.05) is 25.7 Å². The van der Waals surface area contributed by atoms with E-state index < -0.39 is 0 Å². The van der Waals surface area contributed by atoms with E-state index in [4.69, 9.17) is 0 Å². The summed E-state index contributed by atoms with van der Waals surface area (Å²) in [5, 5.41) is 3.36. The van der Waals surface area contributed by atoms with Crippen molar-refractivity contribution >= 4 is 11.7 Å². The first-order valence-electron chi connectivity index (χ1n) is 7.09. The monoisotopic (exact) mass is 277 g/mol. The summed E-state index contributed by atoms with van der Waals surface area (Å²) >= 11 is 0. The van der Waals surface area contributed by atoms with Gasteiger partial charge in [-0.1, -0.05) is 0 Å². The van der Waals surface area contributed by atoms with Crippen LogP contribution in [0.4, 0.5) is 0 Å². The molecule has 2 atom stereocenters. The summed E-state index contributed by atoms with van der Waals surface area (Å²) in [5.41, 5.74) is 2.73. The van der Waals surface area contributed by atoms with Crippen LogP contribution in [-0.4, -0.2) is 46.7 Å². The smallest absolute Gasteiger partial charge is 0.270 e. The maximum Gasteiger partial charge on any atom is 0.270 e. The van der Waals surface area contributed by atoms with Crippen LogP contribution in [0.1, 0.15) is 52.9 Å². The number of carbonyl (C=O) groups excluding carboxylic acids is 2. The first-order valence-corrected chi connectivity index (χ1v) is 7.09. The lowest BCUT2D eigenvalue weighted by Crippen LogP contribution is -2.57. The molecule has 1 aromatic rings. The fourth-order valence-corrected chi connectivity index (χ4v) is 2.98. The largest absolute Gasteiger partial charge is 0.354 e. The number of amides is 1.